The Labute approximate surface area is 90.9 Å². The molecule has 0 spiro atoms. The van der Waals surface area contributed by atoms with E-state index in [-0.39, 0.29) is 5.82 Å². The lowest BCUT2D eigenvalue weighted by Gasteiger charge is -2.20. The molecule has 0 aliphatic carbocycles. The van der Waals surface area contributed by atoms with E-state index in [0.29, 0.717) is 12.0 Å². The molecular formula is C13H18FN. The molecule has 0 amide bonds. The second-order valence-electron chi connectivity index (χ2n) is 4.63. The van der Waals surface area contributed by atoms with Gasteiger partial charge < -0.3 is 4.90 Å². The lowest BCUT2D eigenvalue weighted by molar-refractivity contribution is 0.272. The summed E-state index contributed by atoms with van der Waals surface area (Å²) in [5, 5.41) is 0. The summed E-state index contributed by atoms with van der Waals surface area (Å²) < 4.78 is 12.8. The Kier molecular flexibility index (Phi) is 3.06. The van der Waals surface area contributed by atoms with Gasteiger partial charge >= 0.3 is 0 Å². The highest BCUT2D eigenvalue weighted by atomic mass is 19.1. The Morgan fingerprint density at radius 1 is 1.27 bits per heavy atom. The molecule has 1 aromatic rings. The minimum absolute atomic E-state index is 0.141. The van der Waals surface area contributed by atoms with Crippen LogP contribution in [0.15, 0.2) is 24.3 Å². The fraction of sp³-hybridized carbons (Fsp3) is 0.538. The number of benzene rings is 1. The Bertz CT molecular complexity index is 318. The largest absolute Gasteiger partial charge is 0.300 e. The van der Waals surface area contributed by atoms with Gasteiger partial charge in [-0.25, -0.2) is 4.39 Å². The number of nitrogens with zero attached hydrogens (tertiary/aromatic N) is 1. The molecule has 2 heteroatoms. The van der Waals surface area contributed by atoms with Crippen LogP contribution in [0.1, 0.15) is 31.7 Å². The van der Waals surface area contributed by atoms with Crippen molar-refractivity contribution in [2.24, 2.45) is 0 Å². The zero-order chi connectivity index (χ0) is 10.8. The lowest BCUT2D eigenvalue weighted by Crippen LogP contribution is -2.27. The second-order valence-corrected chi connectivity index (χ2v) is 4.63. The molecule has 15 heavy (non-hydrogen) atoms. The fourth-order valence-electron chi connectivity index (χ4n) is 2.26. The van der Waals surface area contributed by atoms with Crippen LogP contribution in [0.2, 0.25) is 0 Å². The van der Waals surface area contributed by atoms with Gasteiger partial charge in [0.25, 0.3) is 0 Å². The van der Waals surface area contributed by atoms with Crippen molar-refractivity contribution in [3.8, 4) is 0 Å². The van der Waals surface area contributed by atoms with Crippen molar-refractivity contribution >= 4 is 0 Å². The first-order valence-electron chi connectivity index (χ1n) is 5.66. The number of likely N-dealkylation sites (tertiary alicyclic amines) is 1. The maximum Gasteiger partial charge on any atom is 0.123 e. The van der Waals surface area contributed by atoms with Crippen LogP contribution in [-0.2, 0) is 0 Å². The van der Waals surface area contributed by atoms with Crippen molar-refractivity contribution in [3.63, 3.8) is 0 Å². The molecular weight excluding hydrogens is 189 g/mol. The molecule has 82 valence electrons. The Morgan fingerprint density at radius 3 is 2.47 bits per heavy atom. The highest BCUT2D eigenvalue weighted by molar-refractivity contribution is 5.22. The third-order valence-corrected chi connectivity index (χ3v) is 3.29. The number of halogens is 1. The first-order valence-corrected chi connectivity index (χ1v) is 5.66. The van der Waals surface area contributed by atoms with Crippen LogP contribution in [0, 0.1) is 5.82 Å². The Morgan fingerprint density at radius 2 is 1.93 bits per heavy atom. The highest BCUT2D eigenvalue weighted by Gasteiger charge is 2.25. The van der Waals surface area contributed by atoms with E-state index in [9.17, 15) is 4.39 Å². The summed E-state index contributed by atoms with van der Waals surface area (Å²) in [6, 6.07) is 7.59. The van der Waals surface area contributed by atoms with Crippen LogP contribution in [0.4, 0.5) is 4.39 Å². The summed E-state index contributed by atoms with van der Waals surface area (Å²) in [5.74, 6) is 0.450. The molecule has 0 bridgehead atoms. The molecule has 1 atom stereocenters. The summed E-state index contributed by atoms with van der Waals surface area (Å²) in [5.41, 5.74) is 1.28. The molecule has 1 aliphatic rings. The summed E-state index contributed by atoms with van der Waals surface area (Å²) in [7, 11) is 0. The number of hydrogen-bond donors (Lipinski definition) is 0. The lowest BCUT2D eigenvalue weighted by atomic mass is 9.98. The summed E-state index contributed by atoms with van der Waals surface area (Å²) >= 11 is 0. The quantitative estimate of drug-likeness (QED) is 0.720. The van der Waals surface area contributed by atoms with Crippen LogP contribution >= 0.6 is 0 Å². The molecule has 0 unspecified atom stereocenters. The van der Waals surface area contributed by atoms with Gasteiger partial charge in [-0.2, -0.15) is 0 Å². The molecule has 1 heterocycles. The summed E-state index contributed by atoms with van der Waals surface area (Å²) in [6.45, 7) is 6.74. The predicted molar refractivity (Wildman–Crippen MR) is 60.5 cm³/mol. The van der Waals surface area contributed by atoms with E-state index in [1.165, 1.54) is 18.5 Å². The standard InChI is InChI=1S/C13H18FN/c1-10(2)15-8-7-12(9-15)11-3-5-13(14)6-4-11/h3-6,10,12H,7-9H2,1-2H3/t12-/m0/s1. The second kappa shape index (κ2) is 4.31. The van der Waals surface area contributed by atoms with Crippen molar-refractivity contribution in [2.75, 3.05) is 13.1 Å². The predicted octanol–water partition coefficient (Wildman–Crippen LogP) is 3.02. The summed E-state index contributed by atoms with van der Waals surface area (Å²) in [4.78, 5) is 2.48. The minimum Gasteiger partial charge on any atom is -0.300 e. The van der Waals surface area contributed by atoms with E-state index >= 15 is 0 Å². The SMILES string of the molecule is CC(C)N1CC[C@H](c2ccc(F)cc2)C1. The fourth-order valence-corrected chi connectivity index (χ4v) is 2.26. The van der Waals surface area contributed by atoms with Gasteiger partial charge in [-0.15, -0.1) is 0 Å². The van der Waals surface area contributed by atoms with E-state index in [0.717, 1.165) is 6.54 Å². The van der Waals surface area contributed by atoms with Crippen LogP contribution in [0.3, 0.4) is 0 Å². The first kappa shape index (κ1) is 10.6. The molecule has 0 radical (unpaired) electrons. The van der Waals surface area contributed by atoms with E-state index in [2.05, 4.69) is 18.7 Å². The topological polar surface area (TPSA) is 3.24 Å². The average molecular weight is 207 g/mol. The molecule has 1 aliphatic heterocycles. The molecule has 0 N–H and O–H groups in total. The zero-order valence-electron chi connectivity index (χ0n) is 9.41. The maximum atomic E-state index is 12.8. The van der Waals surface area contributed by atoms with Gasteiger partial charge in [0.05, 0.1) is 0 Å². The Balaban J connectivity index is 2.04. The van der Waals surface area contributed by atoms with E-state index in [1.54, 1.807) is 12.1 Å². The highest BCUT2D eigenvalue weighted by Crippen LogP contribution is 2.28. The van der Waals surface area contributed by atoms with Crippen molar-refractivity contribution < 1.29 is 4.39 Å². The molecule has 1 aromatic carbocycles. The molecule has 0 aromatic heterocycles. The van der Waals surface area contributed by atoms with Gasteiger partial charge in [0, 0.05) is 12.6 Å². The molecule has 2 rings (SSSR count). The van der Waals surface area contributed by atoms with Crippen molar-refractivity contribution in [1.82, 2.24) is 4.90 Å². The van der Waals surface area contributed by atoms with E-state index in [1.807, 2.05) is 12.1 Å². The van der Waals surface area contributed by atoms with Crippen molar-refractivity contribution in [3.05, 3.63) is 35.6 Å². The molecule has 1 saturated heterocycles. The van der Waals surface area contributed by atoms with Crippen molar-refractivity contribution in [1.29, 1.82) is 0 Å². The average Bonchev–Trinajstić information content (AvgIpc) is 2.68. The number of hydrogen-bond acceptors (Lipinski definition) is 1. The van der Waals surface area contributed by atoms with Gasteiger partial charge in [-0.05, 0) is 50.4 Å². The van der Waals surface area contributed by atoms with Gasteiger partial charge in [-0.3, -0.25) is 0 Å². The van der Waals surface area contributed by atoms with Crippen LogP contribution in [-0.4, -0.2) is 24.0 Å². The van der Waals surface area contributed by atoms with Crippen LogP contribution < -0.4 is 0 Å². The van der Waals surface area contributed by atoms with Crippen LogP contribution in [0.25, 0.3) is 0 Å². The summed E-state index contributed by atoms with van der Waals surface area (Å²) in [6.07, 6.45) is 1.20. The third-order valence-electron chi connectivity index (χ3n) is 3.29. The van der Waals surface area contributed by atoms with Gasteiger partial charge in [0.1, 0.15) is 5.82 Å². The van der Waals surface area contributed by atoms with E-state index in [4.69, 9.17) is 0 Å². The molecule has 0 saturated carbocycles. The molecule has 1 nitrogen and oxygen atoms in total. The van der Waals surface area contributed by atoms with Gasteiger partial charge in [0.2, 0.25) is 0 Å². The molecule has 1 fully saturated rings. The van der Waals surface area contributed by atoms with Gasteiger partial charge in [0.15, 0.2) is 0 Å². The minimum atomic E-state index is -0.141. The van der Waals surface area contributed by atoms with Crippen molar-refractivity contribution in [2.45, 2.75) is 32.2 Å². The van der Waals surface area contributed by atoms with Crippen LogP contribution in [0.5, 0.6) is 0 Å². The zero-order valence-corrected chi connectivity index (χ0v) is 9.41. The monoisotopic (exact) mass is 207 g/mol. The smallest absolute Gasteiger partial charge is 0.123 e. The van der Waals surface area contributed by atoms with E-state index < -0.39 is 0 Å². The third kappa shape index (κ3) is 2.37. The Hall–Kier alpha value is -0.890. The first-order chi connectivity index (χ1) is 7.16. The van der Waals surface area contributed by atoms with Gasteiger partial charge in [-0.1, -0.05) is 12.1 Å². The maximum absolute atomic E-state index is 12.8. The normalized spacial score (nSPS) is 22.5. The number of rotatable bonds is 2.